The molecule has 1 aromatic carbocycles. The van der Waals surface area contributed by atoms with E-state index in [0.29, 0.717) is 19.6 Å². The van der Waals surface area contributed by atoms with E-state index < -0.39 is 11.7 Å². The van der Waals surface area contributed by atoms with Gasteiger partial charge in [-0.25, -0.2) is 4.39 Å². The van der Waals surface area contributed by atoms with E-state index in [2.05, 4.69) is 0 Å². The zero-order valence-electron chi connectivity index (χ0n) is 9.82. The van der Waals surface area contributed by atoms with Gasteiger partial charge in [0, 0.05) is 19.6 Å². The molecule has 3 N–H and O–H groups in total. The molecule has 0 aliphatic rings. The normalized spacial score (nSPS) is 10.3. The topological polar surface area (TPSA) is 66.6 Å². The predicted octanol–water partition coefficient (Wildman–Crippen LogP) is 1.34. The van der Waals surface area contributed by atoms with Gasteiger partial charge in [-0.05, 0) is 24.6 Å². The number of carbonyl (C=O) groups excluding carboxylic acids is 1. The fourth-order valence-electron chi connectivity index (χ4n) is 1.59. The van der Waals surface area contributed by atoms with Gasteiger partial charge in [-0.2, -0.15) is 0 Å². The van der Waals surface area contributed by atoms with Gasteiger partial charge in [-0.3, -0.25) is 4.79 Å². The molecule has 4 nitrogen and oxygen atoms in total. The molecule has 0 bridgehead atoms. The maximum atomic E-state index is 13.0. The molecule has 0 aliphatic heterocycles. The molecule has 17 heavy (non-hydrogen) atoms. The van der Waals surface area contributed by atoms with Gasteiger partial charge in [0.25, 0.3) is 5.91 Å². The smallest absolute Gasteiger partial charge is 0.257 e. The number of halogens is 1. The molecule has 0 fully saturated rings. The van der Waals surface area contributed by atoms with Crippen molar-refractivity contribution in [3.05, 3.63) is 29.6 Å². The number of aromatic hydroxyl groups is 1. The second kappa shape index (κ2) is 6.20. The van der Waals surface area contributed by atoms with Crippen LogP contribution in [0.25, 0.3) is 0 Å². The van der Waals surface area contributed by atoms with Gasteiger partial charge in [0.2, 0.25) is 0 Å². The molecule has 0 saturated heterocycles. The Balaban J connectivity index is 2.95. The monoisotopic (exact) mass is 240 g/mol. The largest absolute Gasteiger partial charge is 0.507 e. The van der Waals surface area contributed by atoms with Gasteiger partial charge in [0.15, 0.2) is 0 Å². The Morgan fingerprint density at radius 2 is 2.18 bits per heavy atom. The molecular formula is C12H17FN2O2. The summed E-state index contributed by atoms with van der Waals surface area (Å²) in [4.78, 5) is 13.5. The van der Waals surface area contributed by atoms with E-state index >= 15 is 0 Å². The number of nitrogens with zero attached hydrogens (tertiary/aromatic N) is 1. The third kappa shape index (κ3) is 3.42. The minimum atomic E-state index is -0.546. The number of nitrogens with two attached hydrogens (primary N) is 1. The number of phenols is 1. The zero-order chi connectivity index (χ0) is 12.8. The van der Waals surface area contributed by atoms with Crippen molar-refractivity contribution in [1.29, 1.82) is 0 Å². The highest BCUT2D eigenvalue weighted by molar-refractivity contribution is 5.96. The third-order valence-electron chi connectivity index (χ3n) is 2.37. The Kier molecular flexibility index (Phi) is 4.90. The lowest BCUT2D eigenvalue weighted by atomic mass is 10.1. The summed E-state index contributed by atoms with van der Waals surface area (Å²) in [5, 5.41) is 9.55. The van der Waals surface area contributed by atoms with Crippen LogP contribution in [0.1, 0.15) is 23.7 Å². The van der Waals surface area contributed by atoms with Crippen molar-refractivity contribution in [2.75, 3.05) is 19.6 Å². The second-order valence-corrected chi connectivity index (χ2v) is 3.74. The second-order valence-electron chi connectivity index (χ2n) is 3.74. The fraction of sp³-hybridized carbons (Fsp3) is 0.417. The van der Waals surface area contributed by atoms with Gasteiger partial charge in [-0.1, -0.05) is 6.92 Å². The standard InChI is InChI=1S/C12H17FN2O2/c1-2-6-15(7-5-14)12(17)10-8-9(13)3-4-11(10)16/h3-4,8,16H,2,5-7,14H2,1H3. The van der Waals surface area contributed by atoms with Crippen molar-refractivity contribution >= 4 is 5.91 Å². The van der Waals surface area contributed by atoms with Crippen LogP contribution in [0.3, 0.4) is 0 Å². The minimum Gasteiger partial charge on any atom is -0.507 e. The highest BCUT2D eigenvalue weighted by Crippen LogP contribution is 2.19. The van der Waals surface area contributed by atoms with Crippen LogP contribution < -0.4 is 5.73 Å². The van der Waals surface area contributed by atoms with Gasteiger partial charge < -0.3 is 15.7 Å². The lowest BCUT2D eigenvalue weighted by molar-refractivity contribution is 0.0757. The van der Waals surface area contributed by atoms with Crippen molar-refractivity contribution in [2.45, 2.75) is 13.3 Å². The third-order valence-corrected chi connectivity index (χ3v) is 2.37. The molecule has 1 rings (SSSR count). The van der Waals surface area contributed by atoms with Crippen molar-refractivity contribution in [3.8, 4) is 5.75 Å². The predicted molar refractivity (Wildman–Crippen MR) is 63.3 cm³/mol. The number of hydrogen-bond acceptors (Lipinski definition) is 3. The maximum absolute atomic E-state index is 13.0. The Bertz CT molecular complexity index is 390. The highest BCUT2D eigenvalue weighted by Gasteiger charge is 2.18. The molecule has 0 radical (unpaired) electrons. The summed E-state index contributed by atoms with van der Waals surface area (Å²) >= 11 is 0. The summed E-state index contributed by atoms with van der Waals surface area (Å²) in [6.07, 6.45) is 0.780. The number of phenolic OH excluding ortho intramolecular Hbond substituents is 1. The average molecular weight is 240 g/mol. The molecule has 0 aliphatic carbocycles. The Hall–Kier alpha value is -1.62. The van der Waals surface area contributed by atoms with E-state index in [0.717, 1.165) is 18.6 Å². The van der Waals surface area contributed by atoms with E-state index in [1.807, 2.05) is 6.92 Å². The fourth-order valence-corrected chi connectivity index (χ4v) is 1.59. The first kappa shape index (κ1) is 13.4. The van der Waals surface area contributed by atoms with E-state index in [1.54, 1.807) is 0 Å². The van der Waals surface area contributed by atoms with Gasteiger partial charge in [0.05, 0.1) is 5.56 Å². The van der Waals surface area contributed by atoms with Crippen molar-refractivity contribution in [3.63, 3.8) is 0 Å². The summed E-state index contributed by atoms with van der Waals surface area (Å²) in [7, 11) is 0. The van der Waals surface area contributed by atoms with Crippen LogP contribution in [0.5, 0.6) is 5.75 Å². The first-order valence-electron chi connectivity index (χ1n) is 5.58. The number of hydrogen-bond donors (Lipinski definition) is 2. The van der Waals surface area contributed by atoms with Crippen LogP contribution in [-0.4, -0.2) is 35.5 Å². The van der Waals surface area contributed by atoms with E-state index in [9.17, 15) is 14.3 Å². The molecule has 5 heteroatoms. The molecule has 1 aromatic rings. The van der Waals surface area contributed by atoms with Gasteiger partial charge in [-0.15, -0.1) is 0 Å². The van der Waals surface area contributed by atoms with Crippen LogP contribution in [0.2, 0.25) is 0 Å². The molecule has 0 heterocycles. The first-order valence-corrected chi connectivity index (χ1v) is 5.58. The van der Waals surface area contributed by atoms with E-state index in [-0.39, 0.29) is 11.3 Å². The molecule has 1 amide bonds. The van der Waals surface area contributed by atoms with Crippen LogP contribution in [0.4, 0.5) is 4.39 Å². The maximum Gasteiger partial charge on any atom is 0.257 e. The molecule has 0 aromatic heterocycles. The van der Waals surface area contributed by atoms with Crippen molar-refractivity contribution < 1.29 is 14.3 Å². The summed E-state index contributed by atoms with van der Waals surface area (Å²) in [6.45, 7) is 3.19. The average Bonchev–Trinajstić information content (AvgIpc) is 2.31. The van der Waals surface area contributed by atoms with Crippen molar-refractivity contribution in [2.24, 2.45) is 5.73 Å². The SMILES string of the molecule is CCCN(CCN)C(=O)c1cc(F)ccc1O. The summed E-state index contributed by atoms with van der Waals surface area (Å²) in [5.74, 6) is -1.15. The lowest BCUT2D eigenvalue weighted by Gasteiger charge is -2.21. The van der Waals surface area contributed by atoms with Crippen LogP contribution in [-0.2, 0) is 0 Å². The molecule has 94 valence electrons. The molecule has 0 saturated carbocycles. The molecule has 0 spiro atoms. The zero-order valence-corrected chi connectivity index (χ0v) is 9.82. The van der Waals surface area contributed by atoms with Gasteiger partial charge in [0.1, 0.15) is 11.6 Å². The highest BCUT2D eigenvalue weighted by atomic mass is 19.1. The summed E-state index contributed by atoms with van der Waals surface area (Å²) < 4.78 is 13.0. The van der Waals surface area contributed by atoms with Crippen molar-refractivity contribution in [1.82, 2.24) is 4.90 Å². The quantitative estimate of drug-likeness (QED) is 0.816. The number of benzene rings is 1. The Morgan fingerprint density at radius 1 is 1.47 bits per heavy atom. The van der Waals surface area contributed by atoms with E-state index in [1.165, 1.54) is 11.0 Å². The van der Waals surface area contributed by atoms with Crippen LogP contribution in [0.15, 0.2) is 18.2 Å². The van der Waals surface area contributed by atoms with E-state index in [4.69, 9.17) is 5.73 Å². The summed E-state index contributed by atoms with van der Waals surface area (Å²) in [5.41, 5.74) is 5.39. The molecular weight excluding hydrogens is 223 g/mol. The molecule has 0 atom stereocenters. The van der Waals surface area contributed by atoms with Crippen LogP contribution >= 0.6 is 0 Å². The van der Waals surface area contributed by atoms with Gasteiger partial charge >= 0.3 is 0 Å². The number of amides is 1. The Labute approximate surface area is 99.8 Å². The molecule has 0 unspecified atom stereocenters. The Morgan fingerprint density at radius 3 is 2.76 bits per heavy atom. The lowest BCUT2D eigenvalue weighted by Crippen LogP contribution is -2.36. The summed E-state index contributed by atoms with van der Waals surface area (Å²) in [6, 6.07) is 3.32. The first-order chi connectivity index (χ1) is 8.10. The van der Waals surface area contributed by atoms with Crippen LogP contribution in [0, 0.1) is 5.82 Å². The minimum absolute atomic E-state index is 0.0214. The number of rotatable bonds is 5. The number of carbonyl (C=O) groups is 1.